The highest BCUT2D eigenvalue weighted by atomic mass is 16.5. The standard InChI is InChI=1S/C27H33N5O3/c1-17-14-18(2)16-24(15-17)35-25(33)13-6-20-4-9-22(10-5-20)31-19(3)30-32(27(31)34)23-11-7-21(8-12-23)26(28)29/h4-5,7-12,17-18,24H,6,13-16H2,1-3H3,(H3,28,29). The lowest BCUT2D eigenvalue weighted by molar-refractivity contribution is -0.151. The zero-order valence-electron chi connectivity index (χ0n) is 20.5. The minimum atomic E-state index is -0.287. The van der Waals surface area contributed by atoms with Crippen molar-refractivity contribution in [3.63, 3.8) is 0 Å². The number of esters is 1. The number of carbonyl (C=O) groups is 1. The van der Waals surface area contributed by atoms with Gasteiger partial charge in [0, 0.05) is 12.0 Å². The number of nitrogens with one attached hydrogen (secondary N) is 1. The van der Waals surface area contributed by atoms with Crippen molar-refractivity contribution in [2.75, 3.05) is 0 Å². The molecule has 2 aromatic carbocycles. The van der Waals surface area contributed by atoms with Gasteiger partial charge in [0.1, 0.15) is 17.8 Å². The van der Waals surface area contributed by atoms with E-state index in [0.717, 1.165) is 18.4 Å². The van der Waals surface area contributed by atoms with E-state index in [1.54, 1.807) is 35.8 Å². The van der Waals surface area contributed by atoms with Crippen LogP contribution in [0.4, 0.5) is 0 Å². The summed E-state index contributed by atoms with van der Waals surface area (Å²) in [6, 6.07) is 14.4. The van der Waals surface area contributed by atoms with Gasteiger partial charge in [-0.05, 0) is 86.4 Å². The van der Waals surface area contributed by atoms with Gasteiger partial charge in [-0.3, -0.25) is 10.2 Å². The summed E-state index contributed by atoms with van der Waals surface area (Å²) in [4.78, 5) is 25.5. The molecule has 0 aliphatic heterocycles. The van der Waals surface area contributed by atoms with E-state index >= 15 is 0 Å². The van der Waals surface area contributed by atoms with Crippen molar-refractivity contribution in [1.29, 1.82) is 5.41 Å². The Bertz CT molecular complexity index is 1250. The zero-order valence-corrected chi connectivity index (χ0v) is 20.5. The van der Waals surface area contributed by atoms with E-state index < -0.39 is 0 Å². The van der Waals surface area contributed by atoms with Gasteiger partial charge in [0.2, 0.25) is 0 Å². The van der Waals surface area contributed by atoms with Gasteiger partial charge in [-0.2, -0.15) is 4.68 Å². The molecule has 0 amide bonds. The molecule has 8 nitrogen and oxygen atoms in total. The maximum Gasteiger partial charge on any atom is 0.355 e. The van der Waals surface area contributed by atoms with Crippen molar-refractivity contribution in [3.8, 4) is 11.4 Å². The lowest BCUT2D eigenvalue weighted by atomic mass is 9.82. The summed E-state index contributed by atoms with van der Waals surface area (Å²) in [7, 11) is 0. The molecule has 35 heavy (non-hydrogen) atoms. The predicted octanol–water partition coefficient (Wildman–Crippen LogP) is 3.92. The molecule has 0 spiro atoms. The molecule has 1 fully saturated rings. The van der Waals surface area contributed by atoms with Crippen molar-refractivity contribution in [3.05, 3.63) is 76.0 Å². The van der Waals surface area contributed by atoms with Gasteiger partial charge in [-0.15, -0.1) is 5.10 Å². The number of hydrogen-bond donors (Lipinski definition) is 2. The average molecular weight is 476 g/mol. The number of amidine groups is 1. The molecule has 2 unspecified atom stereocenters. The highest BCUT2D eigenvalue weighted by Gasteiger charge is 2.26. The quantitative estimate of drug-likeness (QED) is 0.305. The Labute approximate surface area is 205 Å². The van der Waals surface area contributed by atoms with Gasteiger partial charge in [-0.25, -0.2) is 9.36 Å². The molecule has 1 aliphatic rings. The molecule has 0 radical (unpaired) electrons. The van der Waals surface area contributed by atoms with Gasteiger partial charge in [0.25, 0.3) is 0 Å². The molecule has 1 aromatic heterocycles. The van der Waals surface area contributed by atoms with Gasteiger partial charge in [-0.1, -0.05) is 26.0 Å². The monoisotopic (exact) mass is 475 g/mol. The highest BCUT2D eigenvalue weighted by molar-refractivity contribution is 5.95. The molecule has 1 heterocycles. The smallest absolute Gasteiger partial charge is 0.355 e. The summed E-state index contributed by atoms with van der Waals surface area (Å²) >= 11 is 0. The maximum absolute atomic E-state index is 13.1. The summed E-state index contributed by atoms with van der Waals surface area (Å²) < 4.78 is 8.60. The fourth-order valence-corrected chi connectivity index (χ4v) is 4.99. The van der Waals surface area contributed by atoms with Crippen LogP contribution in [-0.4, -0.2) is 32.3 Å². The lowest BCUT2D eigenvalue weighted by Gasteiger charge is -2.31. The van der Waals surface area contributed by atoms with E-state index in [4.69, 9.17) is 15.9 Å². The summed E-state index contributed by atoms with van der Waals surface area (Å²) in [6.45, 7) is 6.22. The molecule has 4 rings (SSSR count). The Morgan fingerprint density at radius 2 is 1.63 bits per heavy atom. The van der Waals surface area contributed by atoms with Gasteiger partial charge in [0.15, 0.2) is 0 Å². The predicted molar refractivity (Wildman–Crippen MR) is 135 cm³/mol. The molecule has 3 N–H and O–H groups in total. The minimum absolute atomic E-state index is 0.0304. The fraction of sp³-hybridized carbons (Fsp3) is 0.407. The second-order valence-corrected chi connectivity index (χ2v) is 9.73. The second-order valence-electron chi connectivity index (χ2n) is 9.73. The molecule has 2 atom stereocenters. The third kappa shape index (κ3) is 5.70. The minimum Gasteiger partial charge on any atom is -0.462 e. The number of nitrogens with zero attached hydrogens (tertiary/aromatic N) is 3. The van der Waals surface area contributed by atoms with Gasteiger partial charge < -0.3 is 10.5 Å². The van der Waals surface area contributed by atoms with Crippen LogP contribution in [0.25, 0.3) is 11.4 Å². The molecule has 3 aromatic rings. The third-order valence-corrected chi connectivity index (χ3v) is 6.61. The number of aryl methyl sites for hydroxylation is 2. The fourth-order valence-electron chi connectivity index (χ4n) is 4.99. The van der Waals surface area contributed by atoms with Crippen molar-refractivity contribution in [1.82, 2.24) is 14.3 Å². The third-order valence-electron chi connectivity index (χ3n) is 6.61. The molecule has 0 saturated heterocycles. The van der Waals surface area contributed by atoms with Crippen LogP contribution < -0.4 is 11.4 Å². The maximum atomic E-state index is 13.1. The van der Waals surface area contributed by atoms with Crippen LogP contribution in [-0.2, 0) is 16.0 Å². The van der Waals surface area contributed by atoms with Crippen LogP contribution >= 0.6 is 0 Å². The first-order valence-electron chi connectivity index (χ1n) is 12.1. The first kappa shape index (κ1) is 24.4. The van der Waals surface area contributed by atoms with Crippen LogP contribution in [0.15, 0.2) is 53.3 Å². The van der Waals surface area contributed by atoms with Crippen molar-refractivity contribution in [2.24, 2.45) is 17.6 Å². The molecule has 184 valence electrons. The van der Waals surface area contributed by atoms with Crippen molar-refractivity contribution in [2.45, 2.75) is 59.0 Å². The van der Waals surface area contributed by atoms with E-state index in [2.05, 4.69) is 18.9 Å². The molecule has 1 saturated carbocycles. The number of carbonyl (C=O) groups excluding carboxylic acids is 1. The van der Waals surface area contributed by atoms with Crippen molar-refractivity contribution >= 4 is 11.8 Å². The summed E-state index contributed by atoms with van der Waals surface area (Å²) in [5, 5.41) is 11.9. The number of hydrogen-bond acceptors (Lipinski definition) is 5. The Balaban J connectivity index is 1.41. The van der Waals surface area contributed by atoms with E-state index in [-0.39, 0.29) is 23.6 Å². The lowest BCUT2D eigenvalue weighted by Crippen LogP contribution is -2.28. The van der Waals surface area contributed by atoms with E-state index in [1.807, 2.05) is 24.3 Å². The Morgan fingerprint density at radius 3 is 2.23 bits per heavy atom. The van der Waals surface area contributed by atoms with E-state index in [0.29, 0.717) is 47.4 Å². The normalized spacial score (nSPS) is 19.9. The molecular weight excluding hydrogens is 442 g/mol. The summed E-state index contributed by atoms with van der Waals surface area (Å²) in [5.41, 5.74) is 8.11. The molecular formula is C27H33N5O3. The largest absolute Gasteiger partial charge is 0.462 e. The van der Waals surface area contributed by atoms with Gasteiger partial charge >= 0.3 is 11.7 Å². The van der Waals surface area contributed by atoms with Gasteiger partial charge in [0.05, 0.1) is 11.4 Å². The van der Waals surface area contributed by atoms with Crippen LogP contribution in [0.2, 0.25) is 0 Å². The van der Waals surface area contributed by atoms with Crippen LogP contribution in [0.3, 0.4) is 0 Å². The van der Waals surface area contributed by atoms with Crippen LogP contribution in [0.5, 0.6) is 0 Å². The first-order valence-corrected chi connectivity index (χ1v) is 12.1. The number of nitrogen functional groups attached to an aromatic ring is 1. The SMILES string of the molecule is Cc1nn(-c2ccc(C(=N)N)cc2)c(=O)n1-c1ccc(CCC(=O)OC2CC(C)CC(C)C2)cc1. The molecule has 8 heteroatoms. The Hall–Kier alpha value is -3.68. The Morgan fingerprint density at radius 1 is 1.03 bits per heavy atom. The highest BCUT2D eigenvalue weighted by Crippen LogP contribution is 2.30. The zero-order chi connectivity index (χ0) is 25.1. The van der Waals surface area contributed by atoms with Crippen LogP contribution in [0.1, 0.15) is 56.5 Å². The average Bonchev–Trinajstić information content (AvgIpc) is 3.11. The Kier molecular flexibility index (Phi) is 7.19. The number of ether oxygens (including phenoxy) is 1. The topological polar surface area (TPSA) is 116 Å². The first-order chi connectivity index (χ1) is 16.7. The van der Waals surface area contributed by atoms with Crippen molar-refractivity contribution < 1.29 is 9.53 Å². The number of rotatable bonds is 7. The summed E-state index contributed by atoms with van der Waals surface area (Å²) in [5.74, 6) is 1.57. The molecule has 0 bridgehead atoms. The second kappa shape index (κ2) is 10.3. The molecule has 1 aliphatic carbocycles. The number of aromatic nitrogens is 3. The number of nitrogens with two attached hydrogens (primary N) is 1. The van der Waals surface area contributed by atoms with E-state index in [1.165, 1.54) is 11.1 Å². The number of benzene rings is 2. The van der Waals surface area contributed by atoms with E-state index in [9.17, 15) is 9.59 Å². The summed E-state index contributed by atoms with van der Waals surface area (Å²) in [6.07, 6.45) is 4.07. The van der Waals surface area contributed by atoms with Crippen LogP contribution in [0, 0.1) is 24.2 Å².